The molecule has 0 radical (unpaired) electrons. The van der Waals surface area contributed by atoms with Crippen molar-refractivity contribution in [3.8, 4) is 0 Å². The molecule has 0 amide bonds. The summed E-state index contributed by atoms with van der Waals surface area (Å²) in [6, 6.07) is 9.01. The van der Waals surface area contributed by atoms with Gasteiger partial charge in [-0.1, -0.05) is 45.0 Å². The van der Waals surface area contributed by atoms with Gasteiger partial charge >= 0.3 is 0 Å². The third-order valence-corrected chi connectivity index (χ3v) is 3.32. The van der Waals surface area contributed by atoms with Crippen molar-refractivity contribution in [1.29, 1.82) is 0 Å². The second-order valence-electron chi connectivity index (χ2n) is 6.01. The summed E-state index contributed by atoms with van der Waals surface area (Å²) in [7, 11) is 0. The second-order valence-corrected chi connectivity index (χ2v) is 6.01. The molecule has 0 atom stereocenters. The number of nitrogens with one attached hydrogen (secondary N) is 1. The molecule has 0 spiro atoms. The molecule has 0 heterocycles. The van der Waals surface area contributed by atoms with Gasteiger partial charge in [0.1, 0.15) is 0 Å². The predicted molar refractivity (Wildman–Crippen MR) is 76.2 cm³/mol. The Kier molecular flexibility index (Phi) is 5.20. The van der Waals surface area contributed by atoms with E-state index in [9.17, 15) is 0 Å². The zero-order valence-electron chi connectivity index (χ0n) is 12.0. The average Bonchev–Trinajstić information content (AvgIpc) is 2.28. The van der Waals surface area contributed by atoms with Crippen molar-refractivity contribution in [2.24, 2.45) is 5.92 Å². The van der Waals surface area contributed by atoms with Crippen LogP contribution in [0.5, 0.6) is 0 Å². The first kappa shape index (κ1) is 14.2. The van der Waals surface area contributed by atoms with Gasteiger partial charge < -0.3 is 5.32 Å². The largest absolute Gasteiger partial charge is 0.308 e. The Morgan fingerprint density at radius 3 is 2.06 bits per heavy atom. The molecule has 0 saturated carbocycles. The van der Waals surface area contributed by atoms with E-state index in [0.717, 1.165) is 18.9 Å². The van der Waals surface area contributed by atoms with Gasteiger partial charge in [-0.05, 0) is 43.7 Å². The van der Waals surface area contributed by atoms with Crippen LogP contribution < -0.4 is 5.32 Å². The molecule has 1 aromatic rings. The van der Waals surface area contributed by atoms with E-state index in [1.54, 1.807) is 0 Å². The van der Waals surface area contributed by atoms with Crippen LogP contribution in [0.4, 0.5) is 0 Å². The van der Waals surface area contributed by atoms with Gasteiger partial charge in [0.15, 0.2) is 0 Å². The van der Waals surface area contributed by atoms with Crippen molar-refractivity contribution in [1.82, 2.24) is 5.32 Å². The first-order valence-electron chi connectivity index (χ1n) is 6.76. The summed E-state index contributed by atoms with van der Waals surface area (Å²) in [5, 5.41) is 3.59. The summed E-state index contributed by atoms with van der Waals surface area (Å²) >= 11 is 0. The van der Waals surface area contributed by atoms with Gasteiger partial charge in [0.25, 0.3) is 0 Å². The van der Waals surface area contributed by atoms with Crippen LogP contribution in [-0.2, 0) is 13.0 Å². The van der Waals surface area contributed by atoms with Crippen molar-refractivity contribution in [3.05, 3.63) is 35.4 Å². The minimum Gasteiger partial charge on any atom is -0.308 e. The van der Waals surface area contributed by atoms with E-state index in [1.165, 1.54) is 17.5 Å². The lowest BCUT2D eigenvalue weighted by molar-refractivity contribution is 0.374. The minimum absolute atomic E-state index is 0.233. The molecule has 1 aromatic carbocycles. The van der Waals surface area contributed by atoms with E-state index < -0.39 is 0 Å². The Bertz CT molecular complexity index is 322. The fourth-order valence-electron chi connectivity index (χ4n) is 1.73. The van der Waals surface area contributed by atoms with Gasteiger partial charge in [0.05, 0.1) is 0 Å². The highest BCUT2D eigenvalue weighted by molar-refractivity contribution is 5.22. The summed E-state index contributed by atoms with van der Waals surface area (Å²) in [6.45, 7) is 12.2. The third-order valence-electron chi connectivity index (χ3n) is 3.32. The van der Waals surface area contributed by atoms with Crippen molar-refractivity contribution in [2.75, 3.05) is 0 Å². The molecule has 0 unspecified atom stereocenters. The smallest absolute Gasteiger partial charge is 0.0210 e. The first-order valence-corrected chi connectivity index (χ1v) is 6.76. The lowest BCUT2D eigenvalue weighted by Crippen LogP contribution is -2.37. The van der Waals surface area contributed by atoms with Gasteiger partial charge in [-0.25, -0.2) is 0 Å². The maximum absolute atomic E-state index is 3.59. The van der Waals surface area contributed by atoms with Crippen LogP contribution in [0.1, 0.15) is 52.2 Å². The van der Waals surface area contributed by atoms with E-state index in [0.29, 0.717) is 0 Å². The van der Waals surface area contributed by atoms with Crippen LogP contribution in [0, 0.1) is 5.92 Å². The minimum atomic E-state index is 0.233. The van der Waals surface area contributed by atoms with Crippen molar-refractivity contribution < 1.29 is 0 Å². The molecule has 0 aromatic heterocycles. The van der Waals surface area contributed by atoms with Crippen LogP contribution in [0.2, 0.25) is 0 Å². The average molecular weight is 233 g/mol. The predicted octanol–water partition coefficient (Wildman–Crippen LogP) is 4.16. The fourth-order valence-corrected chi connectivity index (χ4v) is 1.73. The van der Waals surface area contributed by atoms with Gasteiger partial charge in [0.2, 0.25) is 0 Å². The summed E-state index contributed by atoms with van der Waals surface area (Å²) < 4.78 is 0. The zero-order valence-corrected chi connectivity index (χ0v) is 12.0. The maximum atomic E-state index is 3.59. The molecule has 96 valence electrons. The van der Waals surface area contributed by atoms with Crippen molar-refractivity contribution in [3.63, 3.8) is 0 Å². The normalized spacial score (nSPS) is 12.1. The monoisotopic (exact) mass is 233 g/mol. The molecule has 0 bridgehead atoms. The Hall–Kier alpha value is -0.820. The lowest BCUT2D eigenvalue weighted by Gasteiger charge is -2.24. The standard InChI is InChI=1S/C16H27N/c1-6-16(4,5)17-12-15-9-7-14(8-10-15)11-13(2)3/h7-10,13,17H,6,11-12H2,1-5H3. The molecular weight excluding hydrogens is 206 g/mol. The fraction of sp³-hybridized carbons (Fsp3) is 0.625. The Labute approximate surface area is 107 Å². The van der Waals surface area contributed by atoms with Crippen molar-refractivity contribution >= 4 is 0 Å². The van der Waals surface area contributed by atoms with Crippen LogP contribution in [-0.4, -0.2) is 5.54 Å². The van der Waals surface area contributed by atoms with Gasteiger partial charge in [-0.2, -0.15) is 0 Å². The number of hydrogen-bond acceptors (Lipinski definition) is 1. The topological polar surface area (TPSA) is 12.0 Å². The molecule has 0 aliphatic rings. The number of benzene rings is 1. The molecule has 0 aliphatic heterocycles. The summed E-state index contributed by atoms with van der Waals surface area (Å²) in [4.78, 5) is 0. The number of rotatable bonds is 6. The second kappa shape index (κ2) is 6.20. The van der Waals surface area contributed by atoms with E-state index >= 15 is 0 Å². The molecule has 1 nitrogen and oxygen atoms in total. The Balaban J connectivity index is 2.51. The first-order chi connectivity index (χ1) is 7.93. The van der Waals surface area contributed by atoms with Crippen LogP contribution in [0.3, 0.4) is 0 Å². The van der Waals surface area contributed by atoms with Crippen LogP contribution >= 0.6 is 0 Å². The maximum Gasteiger partial charge on any atom is 0.0210 e. The Morgan fingerprint density at radius 2 is 1.59 bits per heavy atom. The van der Waals surface area contributed by atoms with E-state index in [-0.39, 0.29) is 5.54 Å². The van der Waals surface area contributed by atoms with Gasteiger partial charge in [-0.15, -0.1) is 0 Å². The molecule has 1 N–H and O–H groups in total. The van der Waals surface area contributed by atoms with Crippen LogP contribution in [0.25, 0.3) is 0 Å². The quantitative estimate of drug-likeness (QED) is 0.778. The highest BCUT2D eigenvalue weighted by atomic mass is 14.9. The summed E-state index contributed by atoms with van der Waals surface area (Å²) in [5.41, 5.74) is 3.05. The molecule has 0 aliphatic carbocycles. The highest BCUT2D eigenvalue weighted by Crippen LogP contribution is 2.12. The van der Waals surface area contributed by atoms with Crippen LogP contribution in [0.15, 0.2) is 24.3 Å². The lowest BCUT2D eigenvalue weighted by atomic mass is 10.00. The Morgan fingerprint density at radius 1 is 1.06 bits per heavy atom. The zero-order chi connectivity index (χ0) is 12.9. The third kappa shape index (κ3) is 5.36. The van der Waals surface area contributed by atoms with E-state index in [2.05, 4.69) is 64.2 Å². The summed E-state index contributed by atoms with van der Waals surface area (Å²) in [6.07, 6.45) is 2.33. The molecule has 1 heteroatoms. The van der Waals surface area contributed by atoms with Gasteiger partial charge in [-0.3, -0.25) is 0 Å². The number of hydrogen-bond donors (Lipinski definition) is 1. The molecule has 0 fully saturated rings. The molecule has 1 rings (SSSR count). The van der Waals surface area contributed by atoms with Crippen molar-refractivity contribution in [2.45, 2.75) is 59.5 Å². The summed E-state index contributed by atoms with van der Waals surface area (Å²) in [5.74, 6) is 0.734. The highest BCUT2D eigenvalue weighted by Gasteiger charge is 2.13. The van der Waals surface area contributed by atoms with Gasteiger partial charge in [0, 0.05) is 12.1 Å². The van der Waals surface area contributed by atoms with E-state index in [4.69, 9.17) is 0 Å². The molecular formula is C16H27N. The molecule has 17 heavy (non-hydrogen) atoms. The molecule has 0 saturated heterocycles. The SMILES string of the molecule is CCC(C)(C)NCc1ccc(CC(C)C)cc1. The van der Waals surface area contributed by atoms with E-state index in [1.807, 2.05) is 0 Å².